The van der Waals surface area contributed by atoms with Crippen LogP contribution in [0.1, 0.15) is 73.9 Å². The fourth-order valence-corrected chi connectivity index (χ4v) is 6.06. The Morgan fingerprint density at radius 2 is 1.92 bits per heavy atom. The van der Waals surface area contributed by atoms with Crippen molar-refractivity contribution in [1.29, 1.82) is 5.26 Å². The third-order valence-electron chi connectivity index (χ3n) is 8.19. The van der Waals surface area contributed by atoms with Crippen molar-refractivity contribution >= 4 is 5.78 Å². The van der Waals surface area contributed by atoms with E-state index in [0.717, 1.165) is 72.9 Å². The average Bonchev–Trinajstić information content (AvgIpc) is 3.46. The number of benzene rings is 2. The highest BCUT2D eigenvalue weighted by atomic mass is 16.5. The van der Waals surface area contributed by atoms with Gasteiger partial charge in [-0.15, -0.1) is 6.58 Å². The zero-order chi connectivity index (χ0) is 27.4. The second-order valence-corrected chi connectivity index (χ2v) is 10.5. The Morgan fingerprint density at radius 1 is 1.18 bits per heavy atom. The molecule has 0 saturated heterocycles. The van der Waals surface area contributed by atoms with Crippen LogP contribution in [-0.4, -0.2) is 31.9 Å². The van der Waals surface area contributed by atoms with E-state index < -0.39 is 0 Å². The normalized spacial score (nSPS) is 19.2. The average molecular weight is 522 g/mol. The first-order chi connectivity index (χ1) is 19.0. The maximum absolute atomic E-state index is 14.2. The summed E-state index contributed by atoms with van der Waals surface area (Å²) in [4.78, 5) is 18.7. The Morgan fingerprint density at radius 3 is 2.59 bits per heavy atom. The molecular weight excluding hydrogens is 486 g/mol. The molecule has 2 aromatic carbocycles. The maximum Gasteiger partial charge on any atom is 0.259 e. The Hall–Kier alpha value is -4.02. The summed E-state index contributed by atoms with van der Waals surface area (Å²) in [6.45, 7) is 6.03. The van der Waals surface area contributed by atoms with Crippen molar-refractivity contribution in [2.24, 2.45) is 0 Å². The molecule has 0 radical (unpaired) electrons. The number of fused-ring (bicyclic) bond motifs is 1. The number of nitriles is 1. The molecule has 1 aliphatic carbocycles. The third-order valence-corrected chi connectivity index (χ3v) is 8.19. The summed E-state index contributed by atoms with van der Waals surface area (Å²) in [6.07, 6.45) is 9.84. The summed E-state index contributed by atoms with van der Waals surface area (Å²) in [5.41, 5.74) is 5.10. The lowest BCUT2D eigenvalue weighted by atomic mass is 9.79. The van der Waals surface area contributed by atoms with E-state index in [1.165, 1.54) is 0 Å². The van der Waals surface area contributed by atoms with E-state index in [0.29, 0.717) is 17.8 Å². The van der Waals surface area contributed by atoms with Crippen LogP contribution in [-0.2, 0) is 17.6 Å². The van der Waals surface area contributed by atoms with Gasteiger partial charge < -0.3 is 4.74 Å². The van der Waals surface area contributed by atoms with Gasteiger partial charge in [0.2, 0.25) is 5.78 Å². The molecule has 0 unspecified atom stereocenters. The van der Waals surface area contributed by atoms with Crippen molar-refractivity contribution < 1.29 is 4.74 Å². The van der Waals surface area contributed by atoms with Gasteiger partial charge in [-0.3, -0.25) is 9.36 Å². The fraction of sp³-hybridized carbons (Fsp3) is 0.375. The number of hydrogen-bond donors (Lipinski definition) is 0. The fourth-order valence-electron chi connectivity index (χ4n) is 6.06. The molecule has 0 atom stereocenters. The van der Waals surface area contributed by atoms with E-state index >= 15 is 0 Å². The molecule has 2 aromatic heterocycles. The van der Waals surface area contributed by atoms with Crippen LogP contribution >= 0.6 is 0 Å². The molecule has 1 aliphatic rings. The molecule has 7 nitrogen and oxygen atoms in total. The number of ether oxygens (including phenoxy) is 1. The molecule has 1 fully saturated rings. The van der Waals surface area contributed by atoms with Gasteiger partial charge in [0.1, 0.15) is 6.33 Å². The molecule has 2 heterocycles. The van der Waals surface area contributed by atoms with Crippen LogP contribution in [0, 0.1) is 11.3 Å². The van der Waals surface area contributed by atoms with Gasteiger partial charge in [0.05, 0.1) is 22.9 Å². The van der Waals surface area contributed by atoms with E-state index in [2.05, 4.69) is 41.8 Å². The van der Waals surface area contributed by atoms with Crippen LogP contribution in [0.4, 0.5) is 0 Å². The van der Waals surface area contributed by atoms with Crippen LogP contribution in [0.5, 0.6) is 0 Å². The first-order valence-corrected chi connectivity index (χ1v) is 13.7. The lowest BCUT2D eigenvalue weighted by molar-refractivity contribution is -0.0450. The first kappa shape index (κ1) is 26.6. The van der Waals surface area contributed by atoms with E-state index in [1.54, 1.807) is 13.4 Å². The van der Waals surface area contributed by atoms with Gasteiger partial charge in [-0.05, 0) is 61.3 Å². The van der Waals surface area contributed by atoms with Gasteiger partial charge in [0.25, 0.3) is 5.56 Å². The molecule has 0 N–H and O–H groups in total. The highest BCUT2D eigenvalue weighted by Crippen LogP contribution is 2.39. The van der Waals surface area contributed by atoms with Crippen molar-refractivity contribution in [1.82, 2.24) is 19.2 Å². The van der Waals surface area contributed by atoms with Crippen molar-refractivity contribution in [2.75, 3.05) is 7.11 Å². The number of nitrogens with zero attached hydrogens (tertiary/aromatic N) is 5. The van der Waals surface area contributed by atoms with Crippen LogP contribution in [0.15, 0.2) is 72.3 Å². The summed E-state index contributed by atoms with van der Waals surface area (Å²) in [5.74, 6) is 0.620. The summed E-state index contributed by atoms with van der Waals surface area (Å²) < 4.78 is 9.66. The molecule has 39 heavy (non-hydrogen) atoms. The van der Waals surface area contributed by atoms with Crippen molar-refractivity contribution in [3.05, 3.63) is 100 Å². The maximum atomic E-state index is 14.2. The summed E-state index contributed by atoms with van der Waals surface area (Å²) in [6, 6.07) is 18.1. The van der Waals surface area contributed by atoms with Crippen LogP contribution in [0.2, 0.25) is 0 Å². The Bertz CT molecular complexity index is 1570. The molecule has 0 amide bonds. The monoisotopic (exact) mass is 521 g/mol. The molecule has 7 heteroatoms. The lowest BCUT2D eigenvalue weighted by Crippen LogP contribution is -2.40. The number of rotatable bonds is 9. The second-order valence-electron chi connectivity index (χ2n) is 10.5. The van der Waals surface area contributed by atoms with Gasteiger partial charge in [0.15, 0.2) is 0 Å². The number of aromatic nitrogens is 4. The smallest absolute Gasteiger partial charge is 0.259 e. The molecular formula is C32H35N5O2. The molecule has 4 aromatic rings. The minimum Gasteiger partial charge on any atom is -0.378 e. The van der Waals surface area contributed by atoms with Crippen LogP contribution in [0.25, 0.3) is 16.9 Å². The molecule has 1 saturated carbocycles. The minimum atomic E-state index is -0.206. The molecule has 200 valence electrons. The number of aryl methyl sites for hydroxylation is 1. The van der Waals surface area contributed by atoms with Gasteiger partial charge in [-0.1, -0.05) is 61.9 Å². The highest BCUT2D eigenvalue weighted by Gasteiger charge is 2.36. The van der Waals surface area contributed by atoms with E-state index in [1.807, 2.05) is 51.6 Å². The molecule has 5 rings (SSSR count). The summed E-state index contributed by atoms with van der Waals surface area (Å²) >= 11 is 0. The van der Waals surface area contributed by atoms with E-state index in [4.69, 9.17) is 4.74 Å². The second kappa shape index (κ2) is 11.4. The van der Waals surface area contributed by atoms with Crippen LogP contribution in [0.3, 0.4) is 0 Å². The minimum absolute atomic E-state index is 0.0245. The Kier molecular flexibility index (Phi) is 7.76. The highest BCUT2D eigenvalue weighted by molar-refractivity contribution is 5.70. The SMILES string of the molecule is C=CC[C@]1(OC)CC[C@@H](n2c(=O)c(Cc3ccc(-c4ccccc4C#N)cc3)c(CCC)n3ncnc32)CC1. The Labute approximate surface area is 229 Å². The van der Waals surface area contributed by atoms with E-state index in [9.17, 15) is 10.1 Å². The summed E-state index contributed by atoms with van der Waals surface area (Å²) in [7, 11) is 1.77. The third kappa shape index (κ3) is 5.05. The predicted octanol–water partition coefficient (Wildman–Crippen LogP) is 6.05. The van der Waals surface area contributed by atoms with Crippen molar-refractivity contribution in [3.8, 4) is 17.2 Å². The number of methoxy groups -OCH3 is 1. The topological polar surface area (TPSA) is 85.2 Å². The zero-order valence-corrected chi connectivity index (χ0v) is 22.8. The van der Waals surface area contributed by atoms with Gasteiger partial charge in [0, 0.05) is 25.1 Å². The van der Waals surface area contributed by atoms with E-state index in [-0.39, 0.29) is 17.2 Å². The Balaban J connectivity index is 1.52. The molecule has 0 bridgehead atoms. The standard InChI is InChI=1S/C32H35N5O2/c1-4-8-29-28(20-23-11-13-24(14-12-23)27-10-7-6-9-25(27)21-33)30(38)36(31-34-22-35-37(29)31)26-15-18-32(39-3,17-5-2)19-16-26/h5-7,9-14,22,26H,2,4,8,15-20H2,1,3H3/t26-,32+. The summed E-state index contributed by atoms with van der Waals surface area (Å²) in [5, 5.41) is 14.1. The quantitative estimate of drug-likeness (QED) is 0.250. The lowest BCUT2D eigenvalue weighted by Gasteiger charge is -2.39. The first-order valence-electron chi connectivity index (χ1n) is 13.7. The van der Waals surface area contributed by atoms with Crippen LogP contribution < -0.4 is 5.56 Å². The van der Waals surface area contributed by atoms with Crippen molar-refractivity contribution in [2.45, 2.75) is 69.9 Å². The molecule has 0 spiro atoms. The van der Waals surface area contributed by atoms with Gasteiger partial charge in [-0.25, -0.2) is 4.52 Å². The molecule has 0 aliphatic heterocycles. The zero-order valence-electron chi connectivity index (χ0n) is 22.8. The van der Waals surface area contributed by atoms with Gasteiger partial charge >= 0.3 is 0 Å². The van der Waals surface area contributed by atoms with Crippen molar-refractivity contribution in [3.63, 3.8) is 0 Å². The predicted molar refractivity (Wildman–Crippen MR) is 153 cm³/mol. The largest absolute Gasteiger partial charge is 0.378 e. The number of hydrogen-bond acceptors (Lipinski definition) is 5. The van der Waals surface area contributed by atoms with Gasteiger partial charge in [-0.2, -0.15) is 15.3 Å².